The molecule has 2 aromatic heterocycles. The third-order valence-corrected chi connectivity index (χ3v) is 4.78. The number of hydrogen-bond acceptors (Lipinski definition) is 4. The number of hydrogen-bond donors (Lipinski definition) is 1. The summed E-state index contributed by atoms with van der Waals surface area (Å²) in [5, 5.41) is 3.14. The Morgan fingerprint density at radius 3 is 2.62 bits per heavy atom. The van der Waals surface area contributed by atoms with E-state index in [4.69, 9.17) is 0 Å². The highest BCUT2D eigenvalue weighted by Gasteiger charge is 2.17. The van der Waals surface area contributed by atoms with E-state index in [-0.39, 0.29) is 5.91 Å². The molecule has 0 aliphatic heterocycles. The van der Waals surface area contributed by atoms with Gasteiger partial charge in [0.15, 0.2) is 0 Å². The average molecular weight is 330 g/mol. The molecule has 1 fully saturated rings. The maximum Gasteiger partial charge on any atom is 0.332 e. The Bertz CT molecular complexity index is 891. The predicted molar refractivity (Wildman–Crippen MR) is 92.0 cm³/mol. The van der Waals surface area contributed by atoms with Crippen molar-refractivity contribution in [2.45, 2.75) is 38.5 Å². The van der Waals surface area contributed by atoms with E-state index in [1.165, 1.54) is 37.1 Å². The minimum atomic E-state index is -0.422. The highest BCUT2D eigenvalue weighted by atomic mass is 16.2. The molecule has 0 aromatic carbocycles. The third kappa shape index (κ3) is 3.11. The summed E-state index contributed by atoms with van der Waals surface area (Å²) in [6.07, 6.45) is 7.84. The first-order chi connectivity index (χ1) is 11.5. The first-order valence-electron chi connectivity index (χ1n) is 8.33. The van der Waals surface area contributed by atoms with Crippen molar-refractivity contribution in [1.82, 2.24) is 14.1 Å². The molecule has 128 valence electrons. The highest BCUT2D eigenvalue weighted by Crippen LogP contribution is 2.26. The van der Waals surface area contributed by atoms with Gasteiger partial charge in [0, 0.05) is 20.5 Å². The van der Waals surface area contributed by atoms with Crippen molar-refractivity contribution in [3.05, 3.63) is 33.1 Å². The van der Waals surface area contributed by atoms with E-state index < -0.39 is 11.2 Å². The molecule has 1 aliphatic carbocycles. The summed E-state index contributed by atoms with van der Waals surface area (Å²) in [7, 11) is 3.00. The van der Waals surface area contributed by atoms with E-state index in [9.17, 15) is 14.4 Å². The fourth-order valence-corrected chi connectivity index (χ4v) is 3.40. The van der Waals surface area contributed by atoms with Crippen molar-refractivity contribution >= 4 is 22.6 Å². The Hall–Kier alpha value is -2.44. The molecule has 1 amide bonds. The summed E-state index contributed by atoms with van der Waals surface area (Å²) >= 11 is 0. The van der Waals surface area contributed by atoms with Gasteiger partial charge in [-0.3, -0.25) is 18.7 Å². The number of rotatable bonds is 3. The van der Waals surface area contributed by atoms with Crippen molar-refractivity contribution < 1.29 is 4.79 Å². The standard InChI is InChI=1S/C17H22N4O3/c1-20-15-13(16(23)21(2)17(20)24)9-12(10-18-15)19-14(22)8-11-6-4-3-5-7-11/h9-11H,3-8H2,1-2H3,(H,19,22). The molecule has 0 spiro atoms. The molecule has 0 saturated heterocycles. The molecule has 2 heterocycles. The SMILES string of the molecule is Cn1c(=O)c2cc(NC(=O)CC3CCCCC3)cnc2n(C)c1=O. The van der Waals surface area contributed by atoms with Crippen LogP contribution >= 0.6 is 0 Å². The van der Waals surface area contributed by atoms with Crippen LogP contribution in [0, 0.1) is 5.92 Å². The van der Waals surface area contributed by atoms with Gasteiger partial charge in [-0.25, -0.2) is 9.78 Å². The summed E-state index contributed by atoms with van der Waals surface area (Å²) in [5.74, 6) is 0.394. The molecular formula is C17H22N4O3. The van der Waals surface area contributed by atoms with E-state index in [0.717, 1.165) is 17.4 Å². The highest BCUT2D eigenvalue weighted by molar-refractivity contribution is 5.92. The first-order valence-corrected chi connectivity index (χ1v) is 8.33. The fraction of sp³-hybridized carbons (Fsp3) is 0.529. The zero-order valence-electron chi connectivity index (χ0n) is 14.0. The van der Waals surface area contributed by atoms with Crippen LogP contribution in [0.2, 0.25) is 0 Å². The molecule has 2 aromatic rings. The second-order valence-corrected chi connectivity index (χ2v) is 6.56. The summed E-state index contributed by atoms with van der Waals surface area (Å²) in [6.45, 7) is 0. The molecule has 0 unspecified atom stereocenters. The lowest BCUT2D eigenvalue weighted by Crippen LogP contribution is -2.37. The molecule has 7 nitrogen and oxygen atoms in total. The topological polar surface area (TPSA) is 86.0 Å². The number of anilines is 1. The molecule has 7 heteroatoms. The van der Waals surface area contributed by atoms with Crippen LogP contribution in [0.15, 0.2) is 21.9 Å². The third-order valence-electron chi connectivity index (χ3n) is 4.78. The van der Waals surface area contributed by atoms with Crippen molar-refractivity contribution in [3.63, 3.8) is 0 Å². The quantitative estimate of drug-likeness (QED) is 0.925. The second kappa shape index (κ2) is 6.59. The Morgan fingerprint density at radius 2 is 1.92 bits per heavy atom. The fourth-order valence-electron chi connectivity index (χ4n) is 3.40. The van der Waals surface area contributed by atoms with Gasteiger partial charge in [-0.1, -0.05) is 19.3 Å². The molecule has 0 bridgehead atoms. The van der Waals surface area contributed by atoms with Gasteiger partial charge in [-0.15, -0.1) is 0 Å². The van der Waals surface area contributed by atoms with Crippen LogP contribution in [0.3, 0.4) is 0 Å². The zero-order valence-corrected chi connectivity index (χ0v) is 14.0. The van der Waals surface area contributed by atoms with Crippen molar-refractivity contribution in [1.29, 1.82) is 0 Å². The largest absolute Gasteiger partial charge is 0.332 e. The Balaban J connectivity index is 1.84. The van der Waals surface area contributed by atoms with Crippen molar-refractivity contribution in [2.24, 2.45) is 20.0 Å². The van der Waals surface area contributed by atoms with Gasteiger partial charge < -0.3 is 5.32 Å². The van der Waals surface area contributed by atoms with Gasteiger partial charge in [-0.2, -0.15) is 0 Å². The number of pyridine rings is 1. The Labute approximate surface area is 139 Å². The van der Waals surface area contributed by atoms with Gasteiger partial charge >= 0.3 is 5.69 Å². The van der Waals surface area contributed by atoms with E-state index in [1.807, 2.05) is 0 Å². The van der Waals surface area contributed by atoms with Gasteiger partial charge in [-0.05, 0) is 24.8 Å². The lowest BCUT2D eigenvalue weighted by atomic mass is 9.87. The van der Waals surface area contributed by atoms with E-state index >= 15 is 0 Å². The lowest BCUT2D eigenvalue weighted by molar-refractivity contribution is -0.117. The van der Waals surface area contributed by atoms with Crippen molar-refractivity contribution in [2.75, 3.05) is 5.32 Å². The lowest BCUT2D eigenvalue weighted by Gasteiger charge is -2.20. The number of fused-ring (bicyclic) bond motifs is 1. The number of carbonyl (C=O) groups is 1. The van der Waals surface area contributed by atoms with Crippen LogP contribution in [0.4, 0.5) is 5.69 Å². The smallest absolute Gasteiger partial charge is 0.325 e. The van der Waals surface area contributed by atoms with Crippen LogP contribution in [-0.2, 0) is 18.9 Å². The van der Waals surface area contributed by atoms with Crippen molar-refractivity contribution in [3.8, 4) is 0 Å². The maximum atomic E-state index is 12.3. The molecular weight excluding hydrogens is 308 g/mol. The number of nitrogens with one attached hydrogen (secondary N) is 1. The van der Waals surface area contributed by atoms with Crippen LogP contribution in [0.25, 0.3) is 11.0 Å². The van der Waals surface area contributed by atoms with E-state index in [0.29, 0.717) is 29.1 Å². The Kier molecular flexibility index (Phi) is 4.51. The molecule has 3 rings (SSSR count). The van der Waals surface area contributed by atoms with Crippen LogP contribution in [-0.4, -0.2) is 20.0 Å². The van der Waals surface area contributed by atoms with Crippen LogP contribution in [0.5, 0.6) is 0 Å². The van der Waals surface area contributed by atoms with Gasteiger partial charge in [0.1, 0.15) is 5.65 Å². The molecule has 0 atom stereocenters. The van der Waals surface area contributed by atoms with E-state index in [1.54, 1.807) is 13.1 Å². The number of aromatic nitrogens is 3. The maximum absolute atomic E-state index is 12.3. The minimum Gasteiger partial charge on any atom is -0.325 e. The first kappa shape index (κ1) is 16.4. The normalized spacial score (nSPS) is 15.6. The number of carbonyl (C=O) groups excluding carboxylic acids is 1. The summed E-state index contributed by atoms with van der Waals surface area (Å²) < 4.78 is 2.36. The minimum absolute atomic E-state index is 0.0512. The van der Waals surface area contributed by atoms with Crippen LogP contribution < -0.4 is 16.6 Å². The summed E-state index contributed by atoms with van der Waals surface area (Å²) in [4.78, 5) is 40.5. The average Bonchev–Trinajstić information content (AvgIpc) is 2.59. The zero-order chi connectivity index (χ0) is 17.3. The second-order valence-electron chi connectivity index (χ2n) is 6.56. The number of amides is 1. The number of nitrogens with zero attached hydrogens (tertiary/aromatic N) is 3. The summed E-state index contributed by atoms with van der Waals surface area (Å²) in [5.41, 5.74) is -0.0366. The van der Waals surface area contributed by atoms with Gasteiger partial charge in [0.25, 0.3) is 5.56 Å². The summed E-state index contributed by atoms with van der Waals surface area (Å²) in [6, 6.07) is 1.59. The van der Waals surface area contributed by atoms with Gasteiger partial charge in [0.2, 0.25) is 5.91 Å². The molecule has 1 N–H and O–H groups in total. The van der Waals surface area contributed by atoms with E-state index in [2.05, 4.69) is 10.3 Å². The monoisotopic (exact) mass is 330 g/mol. The van der Waals surface area contributed by atoms with Crippen LogP contribution in [0.1, 0.15) is 38.5 Å². The molecule has 1 saturated carbocycles. The van der Waals surface area contributed by atoms with Gasteiger partial charge in [0.05, 0.1) is 17.3 Å². The molecule has 0 radical (unpaired) electrons. The Morgan fingerprint density at radius 1 is 1.21 bits per heavy atom. The predicted octanol–water partition coefficient (Wildman–Crippen LogP) is 1.54. The molecule has 24 heavy (non-hydrogen) atoms. The molecule has 1 aliphatic rings. The number of aryl methyl sites for hydroxylation is 1.